The Labute approximate surface area is 139 Å². The van der Waals surface area contributed by atoms with Crippen molar-refractivity contribution in [2.75, 3.05) is 14.2 Å². The maximum atomic E-state index is 5.94. The van der Waals surface area contributed by atoms with E-state index in [1.165, 1.54) is 6.33 Å². The average Bonchev–Trinajstić information content (AvgIpc) is 2.61. The van der Waals surface area contributed by atoms with Crippen LogP contribution in [0.4, 0.5) is 0 Å². The molecular weight excluding hydrogens is 304 g/mol. The monoisotopic (exact) mass is 320 g/mol. The van der Waals surface area contributed by atoms with Gasteiger partial charge in [-0.05, 0) is 29.8 Å². The van der Waals surface area contributed by atoms with Gasteiger partial charge in [0.15, 0.2) is 11.5 Å². The van der Waals surface area contributed by atoms with Gasteiger partial charge in [0.2, 0.25) is 5.88 Å². The Morgan fingerprint density at radius 1 is 1.04 bits per heavy atom. The molecule has 5 nitrogen and oxygen atoms in total. The lowest BCUT2D eigenvalue weighted by Gasteiger charge is -2.11. The number of aromatic nitrogens is 2. The van der Waals surface area contributed by atoms with Gasteiger partial charge in [0.1, 0.15) is 12.1 Å². The van der Waals surface area contributed by atoms with E-state index in [1.807, 2.05) is 24.3 Å². The van der Waals surface area contributed by atoms with Gasteiger partial charge in [-0.2, -0.15) is 0 Å². The third kappa shape index (κ3) is 3.07. The Hall–Kier alpha value is -3.30. The smallest absolute Gasteiger partial charge is 0.230 e. The van der Waals surface area contributed by atoms with Gasteiger partial charge in [-0.15, -0.1) is 5.73 Å². The van der Waals surface area contributed by atoms with E-state index < -0.39 is 0 Å². The van der Waals surface area contributed by atoms with E-state index in [9.17, 15) is 0 Å². The zero-order chi connectivity index (χ0) is 16.9. The molecule has 0 bridgehead atoms. The quantitative estimate of drug-likeness (QED) is 0.658. The fraction of sp³-hybridized carbons (Fsp3) is 0.105. The van der Waals surface area contributed by atoms with Gasteiger partial charge in [0.25, 0.3) is 0 Å². The summed E-state index contributed by atoms with van der Waals surface area (Å²) in [6.07, 6.45) is 3.23. The molecule has 0 N–H and O–H groups in total. The number of nitrogens with zero attached hydrogens (tertiary/aromatic N) is 2. The molecule has 0 saturated heterocycles. The Morgan fingerprint density at radius 2 is 1.83 bits per heavy atom. The number of ether oxygens (including phenoxy) is 3. The van der Waals surface area contributed by atoms with Gasteiger partial charge >= 0.3 is 0 Å². The maximum Gasteiger partial charge on any atom is 0.230 e. The molecule has 5 heteroatoms. The second kappa shape index (κ2) is 6.86. The summed E-state index contributed by atoms with van der Waals surface area (Å²) >= 11 is 0. The minimum atomic E-state index is 0.445. The lowest BCUT2D eigenvalue weighted by molar-refractivity contribution is 0.355. The van der Waals surface area contributed by atoms with Crippen molar-refractivity contribution in [2.24, 2.45) is 0 Å². The highest BCUT2D eigenvalue weighted by molar-refractivity contribution is 5.87. The third-order valence-corrected chi connectivity index (χ3v) is 3.45. The van der Waals surface area contributed by atoms with Crippen LogP contribution in [0.2, 0.25) is 0 Å². The highest BCUT2D eigenvalue weighted by Gasteiger charge is 2.12. The molecule has 24 heavy (non-hydrogen) atoms. The van der Waals surface area contributed by atoms with Crippen molar-refractivity contribution < 1.29 is 14.2 Å². The van der Waals surface area contributed by atoms with Crippen molar-refractivity contribution in [1.82, 2.24) is 9.97 Å². The first-order chi connectivity index (χ1) is 11.7. The van der Waals surface area contributed by atoms with E-state index in [0.717, 1.165) is 10.9 Å². The van der Waals surface area contributed by atoms with Crippen LogP contribution in [-0.2, 0) is 0 Å². The number of methoxy groups -OCH3 is 2. The van der Waals surface area contributed by atoms with Crippen LogP contribution in [0, 0.1) is 0 Å². The summed E-state index contributed by atoms with van der Waals surface area (Å²) in [5, 5.41) is 0.736. The zero-order valence-electron chi connectivity index (χ0n) is 13.4. The first-order valence-electron chi connectivity index (χ1n) is 7.25. The summed E-state index contributed by atoms with van der Waals surface area (Å²) in [6.45, 7) is 3.58. The fourth-order valence-corrected chi connectivity index (χ4v) is 2.34. The van der Waals surface area contributed by atoms with E-state index in [2.05, 4.69) is 22.3 Å². The van der Waals surface area contributed by atoms with Crippen LogP contribution >= 0.6 is 0 Å². The molecule has 0 spiro atoms. The van der Waals surface area contributed by atoms with Gasteiger partial charge in [-0.1, -0.05) is 18.7 Å². The molecule has 3 aromatic rings. The van der Waals surface area contributed by atoms with E-state index in [4.69, 9.17) is 14.2 Å². The van der Waals surface area contributed by atoms with Crippen LogP contribution in [-0.4, -0.2) is 24.2 Å². The van der Waals surface area contributed by atoms with E-state index in [0.29, 0.717) is 28.6 Å². The normalized spacial score (nSPS) is 10.1. The molecule has 0 unspecified atom stereocenters. The van der Waals surface area contributed by atoms with Crippen molar-refractivity contribution in [3.8, 4) is 23.1 Å². The van der Waals surface area contributed by atoms with Crippen LogP contribution < -0.4 is 14.2 Å². The SMILES string of the molecule is C=C=Cc1cccc(Oc2ncnc3cc(OC)c(OC)cc23)c1. The first-order valence-corrected chi connectivity index (χ1v) is 7.25. The first kappa shape index (κ1) is 15.6. The van der Waals surface area contributed by atoms with Gasteiger partial charge in [-0.25, -0.2) is 9.97 Å². The number of hydrogen-bond donors (Lipinski definition) is 0. The van der Waals surface area contributed by atoms with Gasteiger partial charge in [-0.3, -0.25) is 0 Å². The highest BCUT2D eigenvalue weighted by atomic mass is 16.5. The summed E-state index contributed by atoms with van der Waals surface area (Å²) in [5.41, 5.74) is 4.40. The Morgan fingerprint density at radius 3 is 2.58 bits per heavy atom. The molecule has 0 aliphatic carbocycles. The fourth-order valence-electron chi connectivity index (χ4n) is 2.34. The van der Waals surface area contributed by atoms with Crippen LogP contribution in [0.3, 0.4) is 0 Å². The van der Waals surface area contributed by atoms with Crippen molar-refractivity contribution in [3.05, 3.63) is 60.6 Å². The van der Waals surface area contributed by atoms with Gasteiger partial charge in [0, 0.05) is 6.07 Å². The molecule has 0 fully saturated rings. The summed E-state index contributed by atoms with van der Waals surface area (Å²) < 4.78 is 16.6. The molecule has 0 radical (unpaired) electrons. The Kier molecular flexibility index (Phi) is 4.45. The molecule has 1 heterocycles. The minimum absolute atomic E-state index is 0.445. The zero-order valence-corrected chi connectivity index (χ0v) is 13.4. The Balaban J connectivity index is 2.06. The second-order valence-corrected chi connectivity index (χ2v) is 4.93. The van der Waals surface area contributed by atoms with E-state index >= 15 is 0 Å². The number of benzene rings is 2. The largest absolute Gasteiger partial charge is 0.493 e. The molecule has 2 aromatic carbocycles. The number of fused-ring (bicyclic) bond motifs is 1. The lowest BCUT2D eigenvalue weighted by Crippen LogP contribution is -1.95. The van der Waals surface area contributed by atoms with E-state index in [-0.39, 0.29) is 0 Å². The number of rotatable bonds is 5. The van der Waals surface area contributed by atoms with Crippen molar-refractivity contribution in [3.63, 3.8) is 0 Å². The summed E-state index contributed by atoms with van der Waals surface area (Å²) in [5.74, 6) is 2.30. The highest BCUT2D eigenvalue weighted by Crippen LogP contribution is 2.35. The molecule has 0 aliphatic rings. The summed E-state index contributed by atoms with van der Waals surface area (Å²) in [7, 11) is 3.17. The van der Waals surface area contributed by atoms with Crippen LogP contribution in [0.5, 0.6) is 23.1 Å². The van der Waals surface area contributed by atoms with Crippen molar-refractivity contribution >= 4 is 17.0 Å². The molecule has 3 rings (SSSR count). The van der Waals surface area contributed by atoms with Gasteiger partial charge in [0.05, 0.1) is 25.1 Å². The van der Waals surface area contributed by atoms with Gasteiger partial charge < -0.3 is 14.2 Å². The molecule has 0 saturated carbocycles. The minimum Gasteiger partial charge on any atom is -0.493 e. The van der Waals surface area contributed by atoms with E-state index in [1.54, 1.807) is 32.4 Å². The third-order valence-electron chi connectivity index (χ3n) is 3.45. The molecule has 120 valence electrons. The summed E-state index contributed by atoms with van der Waals surface area (Å²) in [4.78, 5) is 8.50. The molecule has 1 aromatic heterocycles. The standard InChI is InChI=1S/C19H16N2O3/c1-4-6-13-7-5-8-14(9-13)24-19-15-10-17(22-2)18(23-3)11-16(15)20-12-21-19/h5-12H,1H2,2-3H3. The Bertz CT molecular complexity index is 931. The molecule has 0 atom stereocenters. The predicted octanol–water partition coefficient (Wildman–Crippen LogP) is 4.24. The predicted molar refractivity (Wildman–Crippen MR) is 92.8 cm³/mol. The van der Waals surface area contributed by atoms with Crippen LogP contribution in [0.1, 0.15) is 5.56 Å². The topological polar surface area (TPSA) is 53.5 Å². The van der Waals surface area contributed by atoms with Crippen LogP contribution in [0.25, 0.3) is 17.0 Å². The number of hydrogen-bond acceptors (Lipinski definition) is 5. The molecular formula is C19H16N2O3. The van der Waals surface area contributed by atoms with Crippen molar-refractivity contribution in [2.45, 2.75) is 0 Å². The molecule has 0 aliphatic heterocycles. The second-order valence-electron chi connectivity index (χ2n) is 4.93. The summed E-state index contributed by atoms with van der Waals surface area (Å²) in [6, 6.07) is 11.2. The maximum absolute atomic E-state index is 5.94. The average molecular weight is 320 g/mol. The lowest BCUT2D eigenvalue weighted by atomic mass is 10.2. The van der Waals surface area contributed by atoms with Crippen LogP contribution in [0.15, 0.2) is 55.0 Å². The van der Waals surface area contributed by atoms with Crippen molar-refractivity contribution in [1.29, 1.82) is 0 Å². The molecule has 0 amide bonds.